The van der Waals surface area contributed by atoms with E-state index >= 15 is 0 Å². The van der Waals surface area contributed by atoms with E-state index in [0.717, 1.165) is 38.3 Å². The van der Waals surface area contributed by atoms with Crippen LogP contribution in [0.5, 0.6) is 0 Å². The first kappa shape index (κ1) is 19.4. The second kappa shape index (κ2) is 10.8. The van der Waals surface area contributed by atoms with E-state index in [1.165, 1.54) is 0 Å². The molecule has 0 aliphatic rings. The first-order valence-corrected chi connectivity index (χ1v) is 16.5. The molecule has 3 heterocycles. The van der Waals surface area contributed by atoms with Crippen LogP contribution in [-0.2, 0) is 0 Å². The summed E-state index contributed by atoms with van der Waals surface area (Å²) in [6.45, 7) is 0. The molecule has 0 aliphatic carbocycles. The monoisotopic (exact) mass is 661 g/mol. The quantitative estimate of drug-likeness (QED) is 0.184. The average molecular weight is 662 g/mol. The van der Waals surface area contributed by atoms with Crippen LogP contribution in [0.15, 0.2) is 186 Å². The van der Waals surface area contributed by atoms with Gasteiger partial charge in [-0.1, -0.05) is 121 Å². The molecule has 11 rings (SSSR count). The molecule has 0 bridgehead atoms. The summed E-state index contributed by atoms with van der Waals surface area (Å²) in [7, 11) is 0. The molecule has 3 nitrogen and oxygen atoms in total. The van der Waals surface area contributed by atoms with Gasteiger partial charge in [0.15, 0.2) is 0 Å². The summed E-state index contributed by atoms with van der Waals surface area (Å²) in [5, 5.41) is 4.17. The van der Waals surface area contributed by atoms with Gasteiger partial charge >= 0.3 is 0 Å². The third kappa shape index (κ3) is 4.12. The molecule has 0 radical (unpaired) electrons. The van der Waals surface area contributed by atoms with Gasteiger partial charge < -0.3 is 13.6 Å². The minimum absolute atomic E-state index is 0.0320. The molecule has 238 valence electrons. The Labute approximate surface area is 309 Å². The van der Waals surface area contributed by atoms with Crippen LogP contribution in [0.25, 0.3) is 99.2 Å². The van der Waals surface area contributed by atoms with Crippen LogP contribution in [0.2, 0.25) is 0 Å². The standard InChI is InChI=1S/C48H30N2O/c1-2-13-31(14-3-1)32-15-12-16-33(29-32)35-26-28-46-47(39-20-7-11-24-45(39)51-46)48(35)50-43-23-10-6-19-38(43)40-30-34(25-27-44(40)50)49-41-21-8-4-17-36(41)37-18-5-9-22-42(37)49/h1-30H/i1D,2D,3D,7D,11D,13D,14D,20D,24D,26D,28D. The predicted molar refractivity (Wildman–Crippen MR) is 213 cm³/mol. The van der Waals surface area contributed by atoms with Crippen molar-refractivity contribution in [1.82, 2.24) is 9.13 Å². The Hall–Kier alpha value is -6.84. The number of furan rings is 1. The van der Waals surface area contributed by atoms with E-state index in [1.54, 1.807) is 24.3 Å². The summed E-state index contributed by atoms with van der Waals surface area (Å²) < 4.78 is 107. The fourth-order valence-electron chi connectivity index (χ4n) is 7.64. The van der Waals surface area contributed by atoms with Crippen molar-refractivity contribution >= 4 is 65.6 Å². The number of benzene rings is 8. The highest BCUT2D eigenvalue weighted by Gasteiger charge is 2.23. The molecule has 0 amide bonds. The van der Waals surface area contributed by atoms with Crippen molar-refractivity contribution in [3.63, 3.8) is 0 Å². The number of fused-ring (bicyclic) bond motifs is 9. The zero-order valence-electron chi connectivity index (χ0n) is 37.8. The van der Waals surface area contributed by atoms with Gasteiger partial charge in [0, 0.05) is 38.2 Å². The molecule has 3 aromatic heterocycles. The molecular formula is C48H30N2O. The Bertz CT molecular complexity index is 3710. The maximum absolute atomic E-state index is 9.69. The minimum Gasteiger partial charge on any atom is -0.456 e. The zero-order valence-corrected chi connectivity index (χ0v) is 26.8. The van der Waals surface area contributed by atoms with Gasteiger partial charge in [-0.15, -0.1) is 0 Å². The minimum atomic E-state index is -0.524. The van der Waals surface area contributed by atoms with E-state index in [4.69, 9.17) is 15.4 Å². The maximum Gasteiger partial charge on any atom is 0.137 e. The Morgan fingerprint density at radius 1 is 0.412 bits per heavy atom. The van der Waals surface area contributed by atoms with E-state index in [2.05, 4.69) is 34.9 Å². The zero-order chi connectivity index (χ0) is 43.0. The predicted octanol–water partition coefficient (Wildman–Crippen LogP) is 13.1. The van der Waals surface area contributed by atoms with Crippen molar-refractivity contribution in [3.05, 3.63) is 182 Å². The summed E-state index contributed by atoms with van der Waals surface area (Å²) >= 11 is 0. The molecular weight excluding hydrogens is 621 g/mol. The van der Waals surface area contributed by atoms with Crippen molar-refractivity contribution in [2.24, 2.45) is 0 Å². The second-order valence-electron chi connectivity index (χ2n) is 12.5. The van der Waals surface area contributed by atoms with Gasteiger partial charge in [-0.25, -0.2) is 0 Å². The molecule has 3 heteroatoms. The van der Waals surface area contributed by atoms with Gasteiger partial charge in [0.2, 0.25) is 0 Å². The maximum atomic E-state index is 9.69. The molecule has 0 unspecified atom stereocenters. The Morgan fingerprint density at radius 2 is 1.04 bits per heavy atom. The number of para-hydroxylation sites is 4. The molecule has 0 saturated carbocycles. The summed E-state index contributed by atoms with van der Waals surface area (Å²) in [4.78, 5) is 0. The summed E-state index contributed by atoms with van der Waals surface area (Å²) in [5.74, 6) is 0. The SMILES string of the molecule is [2H]c1c([2H])c([2H])c(-c2cccc(-c3c([2H])c([2H])c4oc5c([2H])c([2H])c([2H])c([2H])c5c4c3-n3c4ccccc4c4cc(-n5c6ccccc6c6ccccc65)ccc43)c2)c([2H])c1[2H]. The fraction of sp³-hybridized carbons (Fsp3) is 0. The van der Waals surface area contributed by atoms with Crippen LogP contribution < -0.4 is 0 Å². The smallest absolute Gasteiger partial charge is 0.137 e. The van der Waals surface area contributed by atoms with Gasteiger partial charge in [0.05, 0.1) is 48.2 Å². The van der Waals surface area contributed by atoms with Crippen molar-refractivity contribution in [1.29, 1.82) is 0 Å². The van der Waals surface area contributed by atoms with Crippen molar-refractivity contribution in [2.45, 2.75) is 0 Å². The molecule has 0 N–H and O–H groups in total. The summed E-state index contributed by atoms with van der Waals surface area (Å²) in [5.41, 5.74) is 5.28. The van der Waals surface area contributed by atoms with Crippen molar-refractivity contribution in [2.75, 3.05) is 0 Å². The molecule has 0 saturated heterocycles. The largest absolute Gasteiger partial charge is 0.456 e. The number of rotatable bonds is 4. The fourth-order valence-corrected chi connectivity index (χ4v) is 7.64. The number of aromatic nitrogens is 2. The van der Waals surface area contributed by atoms with Gasteiger partial charge in [0.25, 0.3) is 0 Å². The van der Waals surface area contributed by atoms with Crippen LogP contribution >= 0.6 is 0 Å². The first-order chi connectivity index (χ1) is 29.9. The highest BCUT2D eigenvalue weighted by molar-refractivity contribution is 6.17. The van der Waals surface area contributed by atoms with E-state index in [0.29, 0.717) is 22.3 Å². The van der Waals surface area contributed by atoms with Gasteiger partial charge in [0.1, 0.15) is 11.2 Å². The highest BCUT2D eigenvalue weighted by atomic mass is 16.3. The molecule has 0 spiro atoms. The van der Waals surface area contributed by atoms with Crippen molar-refractivity contribution < 1.29 is 19.5 Å². The topological polar surface area (TPSA) is 23.0 Å². The first-order valence-electron chi connectivity index (χ1n) is 22.0. The van der Waals surface area contributed by atoms with Crippen LogP contribution in [-0.4, -0.2) is 9.13 Å². The van der Waals surface area contributed by atoms with E-state index in [1.807, 2.05) is 65.2 Å². The van der Waals surface area contributed by atoms with Gasteiger partial charge in [-0.3, -0.25) is 0 Å². The second-order valence-corrected chi connectivity index (χ2v) is 12.5. The molecule has 11 aromatic rings. The lowest BCUT2D eigenvalue weighted by atomic mass is 9.96. The van der Waals surface area contributed by atoms with Crippen molar-refractivity contribution in [3.8, 4) is 33.6 Å². The van der Waals surface area contributed by atoms with Gasteiger partial charge in [-0.2, -0.15) is 0 Å². The average Bonchev–Trinajstić information content (AvgIpc) is 3.96. The molecule has 8 aromatic carbocycles. The lowest BCUT2D eigenvalue weighted by Gasteiger charge is -2.17. The summed E-state index contributed by atoms with van der Waals surface area (Å²) in [6, 6.07) is 32.3. The van der Waals surface area contributed by atoms with E-state index in [9.17, 15) is 4.11 Å². The third-order valence-electron chi connectivity index (χ3n) is 9.77. The Morgan fingerprint density at radius 3 is 1.80 bits per heavy atom. The lowest BCUT2D eigenvalue weighted by Crippen LogP contribution is -1.99. The van der Waals surface area contributed by atoms with E-state index in [-0.39, 0.29) is 56.8 Å². The Kier molecular flexibility index (Phi) is 4.11. The highest BCUT2D eigenvalue weighted by Crippen LogP contribution is 2.44. The normalized spacial score (nSPS) is 14.9. The third-order valence-corrected chi connectivity index (χ3v) is 9.77. The lowest BCUT2D eigenvalue weighted by molar-refractivity contribution is 0.669. The van der Waals surface area contributed by atoms with E-state index < -0.39 is 48.3 Å². The Balaban J connectivity index is 1.30. The molecule has 0 atom stereocenters. The number of hydrogen-bond donors (Lipinski definition) is 0. The molecule has 51 heavy (non-hydrogen) atoms. The van der Waals surface area contributed by atoms with Crippen LogP contribution in [0.1, 0.15) is 15.1 Å². The van der Waals surface area contributed by atoms with Crippen LogP contribution in [0.4, 0.5) is 0 Å². The molecule has 0 aliphatic heterocycles. The van der Waals surface area contributed by atoms with Crippen LogP contribution in [0, 0.1) is 0 Å². The molecule has 0 fully saturated rings. The number of hydrogen-bond acceptors (Lipinski definition) is 1. The van der Waals surface area contributed by atoms with Crippen LogP contribution in [0.3, 0.4) is 0 Å². The van der Waals surface area contributed by atoms with Gasteiger partial charge in [-0.05, 0) is 77.3 Å². The number of nitrogens with zero attached hydrogens (tertiary/aromatic N) is 2. The summed E-state index contributed by atoms with van der Waals surface area (Å²) in [6.07, 6.45) is 0.